The lowest BCUT2D eigenvalue weighted by atomic mass is 9.99. The van der Waals surface area contributed by atoms with Gasteiger partial charge in [0.1, 0.15) is 0 Å². The first-order valence-corrected chi connectivity index (χ1v) is 7.39. The number of benzene rings is 2. The maximum Gasteiger partial charge on any atom is 0.413 e. The van der Waals surface area contributed by atoms with Crippen molar-refractivity contribution in [3.63, 3.8) is 0 Å². The summed E-state index contributed by atoms with van der Waals surface area (Å²) in [6, 6.07) is 11.5. The van der Waals surface area contributed by atoms with E-state index in [0.29, 0.717) is 22.2 Å². The Morgan fingerprint density at radius 3 is 2.83 bits per heavy atom. The predicted molar refractivity (Wildman–Crippen MR) is 87.1 cm³/mol. The van der Waals surface area contributed by atoms with E-state index in [2.05, 4.69) is 15.3 Å². The Morgan fingerprint density at radius 2 is 2.08 bits per heavy atom. The highest BCUT2D eigenvalue weighted by atomic mass is 19.3. The van der Waals surface area contributed by atoms with Crippen LogP contribution in [0.15, 0.2) is 42.5 Å². The van der Waals surface area contributed by atoms with Crippen LogP contribution in [0.25, 0.3) is 22.2 Å². The molecule has 1 aromatic heterocycles. The molecule has 0 fully saturated rings. The summed E-state index contributed by atoms with van der Waals surface area (Å²) in [5.41, 5.74) is 2.30. The summed E-state index contributed by atoms with van der Waals surface area (Å²) >= 11 is 0. The van der Waals surface area contributed by atoms with Gasteiger partial charge in [-0.1, -0.05) is 30.3 Å². The number of rotatable bonds is 4. The van der Waals surface area contributed by atoms with Crippen LogP contribution in [0, 0.1) is 0 Å². The van der Waals surface area contributed by atoms with Gasteiger partial charge in [-0.15, -0.1) is 0 Å². The van der Waals surface area contributed by atoms with Crippen LogP contribution in [-0.2, 0) is 4.74 Å². The molecule has 0 bridgehead atoms. The van der Waals surface area contributed by atoms with Crippen LogP contribution < -0.4 is 5.32 Å². The number of aromatic amines is 1. The van der Waals surface area contributed by atoms with E-state index >= 15 is 0 Å². The lowest BCUT2D eigenvalue weighted by molar-refractivity contribution is 0.152. The molecule has 0 aliphatic rings. The van der Waals surface area contributed by atoms with Crippen molar-refractivity contribution in [3.8, 4) is 11.1 Å². The minimum atomic E-state index is -2.56. The third-order valence-corrected chi connectivity index (χ3v) is 3.49. The van der Waals surface area contributed by atoms with Crippen LogP contribution in [-0.4, -0.2) is 22.7 Å². The Kier molecular flexibility index (Phi) is 4.41. The average Bonchev–Trinajstić information content (AvgIpc) is 2.96. The normalized spacial score (nSPS) is 11.0. The highest BCUT2D eigenvalue weighted by Crippen LogP contribution is 2.32. The fourth-order valence-corrected chi connectivity index (χ4v) is 2.45. The SMILES string of the molecule is CCOC(=O)Nc1nc2cc(-c3ccccc3C(F)F)ccc2[nH]1. The number of H-pyrrole nitrogens is 1. The van der Waals surface area contributed by atoms with E-state index in [1.54, 1.807) is 43.3 Å². The fourth-order valence-electron chi connectivity index (χ4n) is 2.45. The second kappa shape index (κ2) is 6.66. The number of anilines is 1. The molecule has 0 saturated carbocycles. The van der Waals surface area contributed by atoms with Crippen LogP contribution in [0.1, 0.15) is 18.9 Å². The van der Waals surface area contributed by atoms with E-state index < -0.39 is 12.5 Å². The maximum atomic E-state index is 13.2. The van der Waals surface area contributed by atoms with Gasteiger partial charge < -0.3 is 9.72 Å². The number of halogens is 2. The molecule has 0 atom stereocenters. The Bertz CT molecular complexity index is 877. The second-order valence-corrected chi connectivity index (χ2v) is 5.05. The van der Waals surface area contributed by atoms with Crippen molar-refractivity contribution in [1.82, 2.24) is 9.97 Å². The minimum absolute atomic E-state index is 0.0303. The van der Waals surface area contributed by atoms with Crippen molar-refractivity contribution < 1.29 is 18.3 Å². The van der Waals surface area contributed by atoms with Gasteiger partial charge >= 0.3 is 6.09 Å². The number of nitrogens with zero attached hydrogens (tertiary/aromatic N) is 1. The molecule has 0 spiro atoms. The van der Waals surface area contributed by atoms with Crippen molar-refractivity contribution in [1.29, 1.82) is 0 Å². The minimum Gasteiger partial charge on any atom is -0.450 e. The molecular formula is C17H15F2N3O2. The highest BCUT2D eigenvalue weighted by Gasteiger charge is 2.14. The Labute approximate surface area is 136 Å². The van der Waals surface area contributed by atoms with Gasteiger partial charge in [0.05, 0.1) is 17.6 Å². The van der Waals surface area contributed by atoms with Crippen molar-refractivity contribution in [3.05, 3.63) is 48.0 Å². The molecule has 1 heterocycles. The van der Waals surface area contributed by atoms with Crippen LogP contribution in [0.5, 0.6) is 0 Å². The van der Waals surface area contributed by atoms with Gasteiger partial charge in [-0.25, -0.2) is 18.6 Å². The summed E-state index contributed by atoms with van der Waals surface area (Å²) in [7, 11) is 0. The van der Waals surface area contributed by atoms with Gasteiger partial charge in [-0.05, 0) is 30.2 Å². The van der Waals surface area contributed by atoms with Gasteiger partial charge in [0.15, 0.2) is 0 Å². The number of hydrogen-bond acceptors (Lipinski definition) is 3. The molecule has 2 N–H and O–H groups in total. The van der Waals surface area contributed by atoms with Crippen LogP contribution in [0.2, 0.25) is 0 Å². The van der Waals surface area contributed by atoms with E-state index in [1.165, 1.54) is 6.07 Å². The molecule has 0 aliphatic carbocycles. The van der Waals surface area contributed by atoms with Crippen molar-refractivity contribution >= 4 is 23.1 Å². The molecule has 3 rings (SSSR count). The highest BCUT2D eigenvalue weighted by molar-refractivity contribution is 5.88. The summed E-state index contributed by atoms with van der Waals surface area (Å²) in [6.07, 6.45) is -3.17. The van der Waals surface area contributed by atoms with E-state index in [1.807, 2.05) is 0 Å². The van der Waals surface area contributed by atoms with E-state index in [0.717, 1.165) is 0 Å². The van der Waals surface area contributed by atoms with Crippen molar-refractivity contribution in [2.24, 2.45) is 0 Å². The molecule has 5 nitrogen and oxygen atoms in total. The smallest absolute Gasteiger partial charge is 0.413 e. The van der Waals surface area contributed by atoms with E-state index in [9.17, 15) is 13.6 Å². The molecule has 0 saturated heterocycles. The second-order valence-electron chi connectivity index (χ2n) is 5.05. The Morgan fingerprint density at radius 1 is 1.29 bits per heavy atom. The molecular weight excluding hydrogens is 316 g/mol. The van der Waals surface area contributed by atoms with E-state index in [4.69, 9.17) is 4.74 Å². The summed E-state index contributed by atoms with van der Waals surface area (Å²) in [4.78, 5) is 18.6. The van der Waals surface area contributed by atoms with Crippen LogP contribution in [0.4, 0.5) is 19.5 Å². The third-order valence-electron chi connectivity index (χ3n) is 3.49. The lowest BCUT2D eigenvalue weighted by Crippen LogP contribution is -2.14. The van der Waals surface area contributed by atoms with Gasteiger partial charge in [0, 0.05) is 5.56 Å². The first kappa shape index (κ1) is 15.9. The topological polar surface area (TPSA) is 67.0 Å². The molecule has 24 heavy (non-hydrogen) atoms. The number of alkyl halides is 2. The third kappa shape index (κ3) is 3.19. The summed E-state index contributed by atoms with van der Waals surface area (Å²) in [5, 5.41) is 2.47. The van der Waals surface area contributed by atoms with Crippen molar-refractivity contribution in [2.45, 2.75) is 13.3 Å². The zero-order chi connectivity index (χ0) is 17.1. The first-order chi connectivity index (χ1) is 11.6. The van der Waals surface area contributed by atoms with Gasteiger partial charge in [0.25, 0.3) is 6.43 Å². The van der Waals surface area contributed by atoms with E-state index in [-0.39, 0.29) is 18.1 Å². The number of nitrogens with one attached hydrogen (secondary N) is 2. The number of imidazole rings is 1. The number of aromatic nitrogens is 2. The number of carbonyl (C=O) groups excluding carboxylic acids is 1. The Balaban J connectivity index is 1.96. The average molecular weight is 331 g/mol. The number of hydrogen-bond donors (Lipinski definition) is 2. The van der Waals surface area contributed by atoms with Crippen molar-refractivity contribution in [2.75, 3.05) is 11.9 Å². The molecule has 1 amide bonds. The van der Waals surface area contributed by atoms with Crippen LogP contribution >= 0.6 is 0 Å². The number of fused-ring (bicyclic) bond motifs is 1. The molecule has 0 radical (unpaired) electrons. The first-order valence-electron chi connectivity index (χ1n) is 7.39. The standard InChI is InChI=1S/C17H15F2N3O2/c1-2-24-17(23)22-16-20-13-8-7-10(9-14(13)21-16)11-5-3-4-6-12(11)15(18)19/h3-9,15H,2H2,1H3,(H2,20,21,22,23). The summed E-state index contributed by atoms with van der Waals surface area (Å²) in [5.74, 6) is 0.239. The molecule has 7 heteroatoms. The molecule has 3 aromatic rings. The van der Waals surface area contributed by atoms with Crippen LogP contribution in [0.3, 0.4) is 0 Å². The number of carbonyl (C=O) groups is 1. The summed E-state index contributed by atoms with van der Waals surface area (Å²) in [6.45, 7) is 1.95. The summed E-state index contributed by atoms with van der Waals surface area (Å²) < 4.78 is 31.1. The molecule has 124 valence electrons. The number of ether oxygens (including phenoxy) is 1. The monoisotopic (exact) mass is 331 g/mol. The van der Waals surface area contributed by atoms with Gasteiger partial charge in [-0.3, -0.25) is 5.32 Å². The number of amides is 1. The predicted octanol–water partition coefficient (Wildman–Crippen LogP) is 4.74. The quantitative estimate of drug-likeness (QED) is 0.726. The zero-order valence-corrected chi connectivity index (χ0v) is 12.8. The zero-order valence-electron chi connectivity index (χ0n) is 12.8. The lowest BCUT2D eigenvalue weighted by Gasteiger charge is -2.08. The fraction of sp³-hybridized carbons (Fsp3) is 0.176. The molecule has 0 unspecified atom stereocenters. The molecule has 0 aliphatic heterocycles. The maximum absolute atomic E-state index is 13.2. The largest absolute Gasteiger partial charge is 0.450 e. The molecule has 2 aromatic carbocycles. The van der Waals surface area contributed by atoms with Gasteiger partial charge in [0.2, 0.25) is 5.95 Å². The van der Waals surface area contributed by atoms with Gasteiger partial charge in [-0.2, -0.15) is 0 Å². The Hall–Kier alpha value is -2.96.